The van der Waals surface area contributed by atoms with Crippen LogP contribution in [0.3, 0.4) is 0 Å². The van der Waals surface area contributed by atoms with Crippen LogP contribution in [0, 0.1) is 18.3 Å². The number of para-hydroxylation sites is 1. The minimum Gasteiger partial charge on any atom is -0.481 e. The minimum atomic E-state index is -3.66. The first-order valence-corrected chi connectivity index (χ1v) is 13.4. The summed E-state index contributed by atoms with van der Waals surface area (Å²) in [5, 5.41) is 10.3. The smallest absolute Gasteiger partial charge is 0.314 e. The highest BCUT2D eigenvalue weighted by atomic mass is 35.5. The van der Waals surface area contributed by atoms with Gasteiger partial charge in [-0.15, -0.1) is 0 Å². The highest BCUT2D eigenvalue weighted by molar-refractivity contribution is 6.30. The summed E-state index contributed by atoms with van der Waals surface area (Å²) in [4.78, 5) is 37.7. The average Bonchev–Trinajstić information content (AvgIpc) is 2.97. The number of aromatic nitrogens is 4. The molecule has 0 saturated heterocycles. The average molecular weight is 600 g/mol. The number of nitrogens with one attached hydrogen (secondary N) is 1. The zero-order chi connectivity index (χ0) is 30.9. The van der Waals surface area contributed by atoms with E-state index in [4.69, 9.17) is 16.3 Å². The van der Waals surface area contributed by atoms with Crippen molar-refractivity contribution in [1.29, 1.82) is 5.26 Å². The summed E-state index contributed by atoms with van der Waals surface area (Å²) in [6.07, 6.45) is 2.60. The maximum Gasteiger partial charge on any atom is 0.314 e. The SMILES string of the molecule is C=C(C)C(F)(F)c1ncn(Cc2cc(-c3cnc4ccccc4c3)c(=O)[nH]c2C)c(=O)c1OCc1cc(Cl)cc(C#N)c1. The molecule has 0 unspecified atom stereocenters. The summed E-state index contributed by atoms with van der Waals surface area (Å²) in [7, 11) is 0. The van der Waals surface area contributed by atoms with Crippen molar-refractivity contribution in [1.82, 2.24) is 19.5 Å². The minimum absolute atomic E-state index is 0.104. The Bertz CT molecular complexity index is 2060. The Morgan fingerprint density at radius 3 is 2.67 bits per heavy atom. The van der Waals surface area contributed by atoms with Crippen molar-refractivity contribution >= 4 is 22.5 Å². The lowest BCUT2D eigenvalue weighted by molar-refractivity contribution is 0.0292. The molecule has 0 amide bonds. The standard InChI is InChI=1S/C32H24ClF2N5O3/c1-18(2)32(34,35)29-28(43-16-21-8-20(13-36)9-25(33)10-21)31(42)40(17-38-29)15-24-12-26(30(41)39-19(24)3)23-11-22-6-4-5-7-27(22)37-14-23/h4-12,14,17H,1,15-16H2,2-3H3,(H,39,41). The van der Waals surface area contributed by atoms with Crippen molar-refractivity contribution in [3.63, 3.8) is 0 Å². The number of fused-ring (bicyclic) bond motifs is 1. The van der Waals surface area contributed by atoms with Crippen LogP contribution in [-0.4, -0.2) is 19.5 Å². The molecular formula is C32H24ClF2N5O3. The molecule has 3 aromatic heterocycles. The molecule has 0 fully saturated rings. The summed E-state index contributed by atoms with van der Waals surface area (Å²) in [6.45, 7) is 5.71. The zero-order valence-corrected chi connectivity index (χ0v) is 23.9. The highest BCUT2D eigenvalue weighted by Gasteiger charge is 2.39. The third-order valence-electron chi connectivity index (χ3n) is 6.89. The van der Waals surface area contributed by atoms with Crippen molar-refractivity contribution in [2.75, 3.05) is 0 Å². The van der Waals surface area contributed by atoms with Gasteiger partial charge in [-0.2, -0.15) is 14.0 Å². The van der Waals surface area contributed by atoms with Crippen LogP contribution in [0.2, 0.25) is 5.02 Å². The highest BCUT2D eigenvalue weighted by Crippen LogP contribution is 2.37. The van der Waals surface area contributed by atoms with Crippen molar-refractivity contribution < 1.29 is 13.5 Å². The number of alkyl halides is 2. The van der Waals surface area contributed by atoms with Gasteiger partial charge in [-0.3, -0.25) is 19.1 Å². The van der Waals surface area contributed by atoms with Crippen molar-refractivity contribution in [2.45, 2.75) is 32.9 Å². The van der Waals surface area contributed by atoms with Gasteiger partial charge in [0.1, 0.15) is 6.61 Å². The third kappa shape index (κ3) is 5.94. The van der Waals surface area contributed by atoms with Crippen molar-refractivity contribution in [2.24, 2.45) is 0 Å². The molecule has 11 heteroatoms. The number of aromatic amines is 1. The van der Waals surface area contributed by atoms with Gasteiger partial charge in [0.05, 0.1) is 30.0 Å². The molecule has 0 aliphatic rings. The second-order valence-electron chi connectivity index (χ2n) is 10.0. The van der Waals surface area contributed by atoms with E-state index in [1.807, 2.05) is 36.4 Å². The summed E-state index contributed by atoms with van der Waals surface area (Å²) < 4.78 is 37.1. The molecule has 43 heavy (non-hydrogen) atoms. The number of rotatable bonds is 8. The molecule has 0 radical (unpaired) electrons. The number of hydrogen-bond donors (Lipinski definition) is 1. The Labute approximate surface area is 249 Å². The van der Waals surface area contributed by atoms with Crippen LogP contribution in [0.4, 0.5) is 8.78 Å². The number of aryl methyl sites for hydroxylation is 1. The molecule has 0 bridgehead atoms. The summed E-state index contributed by atoms with van der Waals surface area (Å²) in [6, 6.07) is 17.3. The molecule has 3 heterocycles. The fourth-order valence-corrected chi connectivity index (χ4v) is 4.80. The number of benzene rings is 2. The van der Waals surface area contributed by atoms with Crippen LogP contribution in [0.5, 0.6) is 5.75 Å². The van der Waals surface area contributed by atoms with Crippen LogP contribution in [-0.2, 0) is 19.1 Å². The van der Waals surface area contributed by atoms with E-state index >= 15 is 8.78 Å². The largest absolute Gasteiger partial charge is 0.481 e. The van der Waals surface area contributed by atoms with E-state index in [9.17, 15) is 14.9 Å². The lowest BCUT2D eigenvalue weighted by Crippen LogP contribution is -2.29. The number of pyridine rings is 2. The van der Waals surface area contributed by atoms with E-state index in [1.165, 1.54) is 18.2 Å². The predicted molar refractivity (Wildman–Crippen MR) is 159 cm³/mol. The summed E-state index contributed by atoms with van der Waals surface area (Å²) >= 11 is 6.07. The normalized spacial score (nSPS) is 11.3. The van der Waals surface area contributed by atoms with Gasteiger partial charge < -0.3 is 9.72 Å². The maximum absolute atomic E-state index is 15.1. The molecule has 0 aliphatic carbocycles. The first kappa shape index (κ1) is 29.4. The van der Waals surface area contributed by atoms with E-state index in [-0.39, 0.29) is 29.3 Å². The van der Waals surface area contributed by atoms with Gasteiger partial charge in [0, 0.05) is 33.4 Å². The number of halogens is 3. The summed E-state index contributed by atoms with van der Waals surface area (Å²) in [5.41, 5.74) is 0.723. The fourth-order valence-electron chi connectivity index (χ4n) is 4.54. The van der Waals surface area contributed by atoms with Gasteiger partial charge in [-0.25, -0.2) is 4.98 Å². The number of nitrogens with zero attached hydrogens (tertiary/aromatic N) is 4. The van der Waals surface area contributed by atoms with Crippen LogP contribution in [0.15, 0.2) is 88.9 Å². The summed E-state index contributed by atoms with van der Waals surface area (Å²) in [5.74, 6) is -4.33. The molecule has 0 atom stereocenters. The Morgan fingerprint density at radius 2 is 1.93 bits per heavy atom. The van der Waals surface area contributed by atoms with Crippen LogP contribution in [0.1, 0.15) is 35.0 Å². The molecule has 0 spiro atoms. The zero-order valence-electron chi connectivity index (χ0n) is 23.1. The Morgan fingerprint density at radius 1 is 1.16 bits per heavy atom. The molecule has 216 valence electrons. The molecule has 8 nitrogen and oxygen atoms in total. The Kier molecular flexibility index (Phi) is 7.93. The van der Waals surface area contributed by atoms with E-state index in [0.29, 0.717) is 27.9 Å². The van der Waals surface area contributed by atoms with E-state index in [1.54, 1.807) is 19.2 Å². The maximum atomic E-state index is 15.1. The van der Waals surface area contributed by atoms with Crippen LogP contribution in [0.25, 0.3) is 22.0 Å². The monoisotopic (exact) mass is 599 g/mol. The molecule has 2 aromatic carbocycles. The Balaban J connectivity index is 1.56. The number of hydrogen-bond acceptors (Lipinski definition) is 6. The lowest BCUT2D eigenvalue weighted by Gasteiger charge is -2.20. The van der Waals surface area contributed by atoms with Crippen LogP contribution >= 0.6 is 11.6 Å². The third-order valence-corrected chi connectivity index (χ3v) is 7.11. The van der Waals surface area contributed by atoms with Crippen molar-refractivity contribution in [3.8, 4) is 22.9 Å². The first-order chi connectivity index (χ1) is 20.5. The number of H-pyrrole nitrogens is 1. The first-order valence-electron chi connectivity index (χ1n) is 13.0. The van der Waals surface area contributed by atoms with Gasteiger partial charge in [0.15, 0.2) is 5.69 Å². The second-order valence-corrected chi connectivity index (χ2v) is 10.5. The number of allylic oxidation sites excluding steroid dienone is 1. The van der Waals surface area contributed by atoms with Gasteiger partial charge in [-0.05, 0) is 66.9 Å². The second kappa shape index (κ2) is 11.6. The van der Waals surface area contributed by atoms with Crippen molar-refractivity contribution in [3.05, 3.63) is 133 Å². The van der Waals surface area contributed by atoms with E-state index in [0.717, 1.165) is 28.7 Å². The molecule has 0 aliphatic heterocycles. The molecule has 0 saturated carbocycles. The predicted octanol–water partition coefficient (Wildman–Crippen LogP) is 6.28. The molecule has 5 rings (SSSR count). The van der Waals surface area contributed by atoms with Gasteiger partial charge in [0.25, 0.3) is 11.1 Å². The van der Waals surface area contributed by atoms with Gasteiger partial charge >= 0.3 is 5.92 Å². The Hall–Kier alpha value is -5.14. The van der Waals surface area contributed by atoms with E-state index < -0.39 is 28.5 Å². The topological polar surface area (TPSA) is 114 Å². The molecule has 1 N–H and O–H groups in total. The quantitative estimate of drug-likeness (QED) is 0.210. The molecule has 5 aromatic rings. The van der Waals surface area contributed by atoms with Crippen LogP contribution < -0.4 is 15.9 Å². The lowest BCUT2D eigenvalue weighted by atomic mass is 10.0. The molecular weight excluding hydrogens is 576 g/mol. The number of nitriles is 1. The van der Waals surface area contributed by atoms with E-state index in [2.05, 4.69) is 21.5 Å². The van der Waals surface area contributed by atoms with Gasteiger partial charge in [-0.1, -0.05) is 36.4 Å². The number of ether oxygens (including phenoxy) is 1. The van der Waals surface area contributed by atoms with Gasteiger partial charge in [0.2, 0.25) is 5.75 Å². The fraction of sp³-hybridized carbons (Fsp3) is 0.156.